The van der Waals surface area contributed by atoms with Gasteiger partial charge in [0, 0.05) is 6.61 Å². The van der Waals surface area contributed by atoms with Gasteiger partial charge in [-0.25, -0.2) is 4.57 Å². The van der Waals surface area contributed by atoms with Gasteiger partial charge in [0.25, 0.3) is 0 Å². The predicted octanol–water partition coefficient (Wildman–Crippen LogP) is 6.78. The Morgan fingerprint density at radius 3 is 1.64 bits per heavy atom. The average molecular weight is 577 g/mol. The smallest absolute Gasteiger partial charge is 0.394 e. The van der Waals surface area contributed by atoms with E-state index in [0.29, 0.717) is 6.61 Å². The van der Waals surface area contributed by atoms with Gasteiger partial charge in [0.05, 0.1) is 26.4 Å². The maximum atomic E-state index is 11.6. The monoisotopic (exact) mass is 576 g/mol. The molecule has 0 saturated carbocycles. The summed E-state index contributed by atoms with van der Waals surface area (Å²) in [5, 5.41) is 27.5. The molecule has 230 valence electrons. The summed E-state index contributed by atoms with van der Waals surface area (Å²) in [6.45, 7) is 1.21. The van der Waals surface area contributed by atoms with Crippen LogP contribution >= 0.6 is 7.82 Å². The van der Waals surface area contributed by atoms with Crippen molar-refractivity contribution in [1.82, 2.24) is 0 Å². The molecule has 0 heterocycles. The molecule has 9 heteroatoms. The van der Waals surface area contributed by atoms with Gasteiger partial charge >= 0.3 is 7.82 Å². The van der Waals surface area contributed by atoms with Crippen LogP contribution in [-0.4, -0.2) is 65.5 Å². The van der Waals surface area contributed by atoms with Gasteiger partial charge in [0.2, 0.25) is 0 Å². The van der Waals surface area contributed by atoms with Gasteiger partial charge in [0.15, 0.2) is 0 Å². The van der Waals surface area contributed by atoms with E-state index in [0.717, 1.165) is 38.5 Å². The van der Waals surface area contributed by atoms with E-state index in [2.05, 4.69) is 52.4 Å². The van der Waals surface area contributed by atoms with Crippen molar-refractivity contribution in [2.45, 2.75) is 122 Å². The third-order valence-corrected chi connectivity index (χ3v) is 7.01. The van der Waals surface area contributed by atoms with Gasteiger partial charge in [0.1, 0.15) is 12.2 Å². The van der Waals surface area contributed by atoms with Crippen molar-refractivity contribution in [3.63, 3.8) is 0 Å². The van der Waals surface area contributed by atoms with Crippen molar-refractivity contribution in [1.29, 1.82) is 0 Å². The van der Waals surface area contributed by atoms with Crippen molar-refractivity contribution in [3.05, 3.63) is 36.5 Å². The van der Waals surface area contributed by atoms with Crippen molar-refractivity contribution in [3.8, 4) is 0 Å². The Morgan fingerprint density at radius 1 is 0.641 bits per heavy atom. The molecule has 0 aromatic heterocycles. The van der Waals surface area contributed by atoms with Crippen LogP contribution in [0, 0.1) is 0 Å². The second kappa shape index (κ2) is 28.7. The molecule has 0 bridgehead atoms. The molecule has 39 heavy (non-hydrogen) atoms. The Labute approximate surface area is 237 Å². The topological polar surface area (TPSA) is 126 Å². The van der Waals surface area contributed by atoms with Crippen LogP contribution in [0.4, 0.5) is 0 Å². The summed E-state index contributed by atoms with van der Waals surface area (Å²) < 4.78 is 26.1. The molecule has 0 radical (unpaired) electrons. The van der Waals surface area contributed by atoms with Crippen LogP contribution < -0.4 is 0 Å². The SMILES string of the molecule is CCCCCCC/C=C\C/C=C\C/C=C\CCCCCCCCCOCC(O)COP(=O)(O)OCC(O)CO. The summed E-state index contributed by atoms with van der Waals surface area (Å²) in [5.74, 6) is 0. The first kappa shape index (κ1) is 38.2. The molecular formula is C30H57O8P. The van der Waals surface area contributed by atoms with E-state index >= 15 is 0 Å². The molecule has 0 saturated heterocycles. The van der Waals surface area contributed by atoms with Gasteiger partial charge in [-0.3, -0.25) is 9.05 Å². The molecule has 0 fully saturated rings. The fourth-order valence-corrected chi connectivity index (χ4v) is 4.51. The zero-order valence-corrected chi connectivity index (χ0v) is 25.2. The third-order valence-electron chi connectivity index (χ3n) is 6.06. The lowest BCUT2D eigenvalue weighted by Crippen LogP contribution is -2.23. The van der Waals surface area contributed by atoms with Gasteiger partial charge in [-0.15, -0.1) is 0 Å². The molecule has 4 N–H and O–H groups in total. The Kier molecular flexibility index (Phi) is 28.1. The maximum absolute atomic E-state index is 11.6. The van der Waals surface area contributed by atoms with Gasteiger partial charge in [-0.2, -0.15) is 0 Å². The molecule has 0 spiro atoms. The van der Waals surface area contributed by atoms with E-state index in [-0.39, 0.29) is 6.61 Å². The summed E-state index contributed by atoms with van der Waals surface area (Å²) >= 11 is 0. The van der Waals surface area contributed by atoms with E-state index in [1.165, 1.54) is 64.2 Å². The van der Waals surface area contributed by atoms with Crippen LogP contribution in [0.25, 0.3) is 0 Å². The molecule has 8 nitrogen and oxygen atoms in total. The molecule has 0 aliphatic carbocycles. The lowest BCUT2D eigenvalue weighted by molar-refractivity contribution is -0.00437. The third kappa shape index (κ3) is 30.0. The normalized spacial score (nSPS) is 15.5. The number of unbranched alkanes of at least 4 members (excludes halogenated alkanes) is 12. The highest BCUT2D eigenvalue weighted by Gasteiger charge is 2.24. The zero-order valence-electron chi connectivity index (χ0n) is 24.3. The number of allylic oxidation sites excluding steroid dienone is 6. The number of ether oxygens (including phenoxy) is 1. The lowest BCUT2D eigenvalue weighted by atomic mass is 10.1. The molecule has 0 aromatic rings. The van der Waals surface area contributed by atoms with Gasteiger partial charge in [-0.05, 0) is 44.9 Å². The first-order valence-corrected chi connectivity index (χ1v) is 16.5. The molecular weight excluding hydrogens is 519 g/mol. The minimum absolute atomic E-state index is 0.00111. The molecule has 0 amide bonds. The number of aliphatic hydroxyl groups is 3. The Hall–Kier alpha value is -0.830. The Bertz CT molecular complexity index is 653. The second-order valence-electron chi connectivity index (χ2n) is 9.98. The van der Waals surface area contributed by atoms with E-state index in [4.69, 9.17) is 14.9 Å². The summed E-state index contributed by atoms with van der Waals surface area (Å²) in [6, 6.07) is 0. The fourth-order valence-electron chi connectivity index (χ4n) is 3.71. The Morgan fingerprint density at radius 2 is 1.10 bits per heavy atom. The van der Waals surface area contributed by atoms with Crippen LogP contribution in [0.2, 0.25) is 0 Å². The first-order valence-electron chi connectivity index (χ1n) is 15.0. The summed E-state index contributed by atoms with van der Waals surface area (Å²) in [6.07, 6.45) is 30.6. The van der Waals surface area contributed by atoms with Gasteiger partial charge < -0.3 is 24.9 Å². The molecule has 3 unspecified atom stereocenters. The average Bonchev–Trinajstić information content (AvgIpc) is 2.93. The van der Waals surface area contributed by atoms with E-state index in [1.54, 1.807) is 0 Å². The van der Waals surface area contributed by atoms with E-state index < -0.39 is 39.9 Å². The number of aliphatic hydroxyl groups excluding tert-OH is 3. The molecule has 0 aromatic carbocycles. The zero-order chi connectivity index (χ0) is 28.9. The number of phosphoric acid groups is 1. The summed E-state index contributed by atoms with van der Waals surface area (Å²) in [4.78, 5) is 9.43. The van der Waals surface area contributed by atoms with Crippen LogP contribution in [0.5, 0.6) is 0 Å². The van der Waals surface area contributed by atoms with Crippen molar-refractivity contribution >= 4 is 7.82 Å². The summed E-state index contributed by atoms with van der Waals surface area (Å²) in [5.41, 5.74) is 0. The van der Waals surface area contributed by atoms with Crippen LogP contribution in [0.1, 0.15) is 110 Å². The van der Waals surface area contributed by atoms with E-state index in [1.807, 2.05) is 0 Å². The largest absolute Gasteiger partial charge is 0.472 e. The second-order valence-corrected chi connectivity index (χ2v) is 11.4. The van der Waals surface area contributed by atoms with Crippen LogP contribution in [0.3, 0.4) is 0 Å². The number of rotatable bonds is 29. The first-order chi connectivity index (χ1) is 18.9. The number of hydrogen-bond acceptors (Lipinski definition) is 7. The summed E-state index contributed by atoms with van der Waals surface area (Å²) in [7, 11) is -4.39. The molecule has 0 aliphatic heterocycles. The number of hydrogen-bond donors (Lipinski definition) is 4. The molecule has 0 aliphatic rings. The highest BCUT2D eigenvalue weighted by Crippen LogP contribution is 2.43. The highest BCUT2D eigenvalue weighted by molar-refractivity contribution is 7.47. The molecule has 0 rings (SSSR count). The lowest BCUT2D eigenvalue weighted by Gasteiger charge is -2.16. The quantitative estimate of drug-likeness (QED) is 0.0436. The standard InChI is InChI=1S/C30H57O8P/c1-2-3-4-5-6-7-8-9-10-11-12-13-14-15-16-17-18-19-20-21-22-23-24-36-26-30(33)28-38-39(34,35)37-27-29(32)25-31/h8-9,11-12,14-15,29-33H,2-7,10,13,16-28H2,1H3,(H,34,35)/b9-8-,12-11-,15-14-. The minimum Gasteiger partial charge on any atom is -0.394 e. The van der Waals surface area contributed by atoms with E-state index in [9.17, 15) is 14.6 Å². The maximum Gasteiger partial charge on any atom is 0.472 e. The van der Waals surface area contributed by atoms with Gasteiger partial charge in [-0.1, -0.05) is 101 Å². The predicted molar refractivity (Wildman–Crippen MR) is 159 cm³/mol. The molecule has 3 atom stereocenters. The van der Waals surface area contributed by atoms with Crippen LogP contribution in [-0.2, 0) is 18.3 Å². The van der Waals surface area contributed by atoms with Crippen molar-refractivity contribution in [2.75, 3.05) is 33.0 Å². The highest BCUT2D eigenvalue weighted by atomic mass is 31.2. The number of phosphoric ester groups is 1. The fraction of sp³-hybridized carbons (Fsp3) is 0.800. The van der Waals surface area contributed by atoms with Crippen LogP contribution in [0.15, 0.2) is 36.5 Å². The van der Waals surface area contributed by atoms with Crippen molar-refractivity contribution in [2.24, 2.45) is 0 Å². The van der Waals surface area contributed by atoms with Crippen molar-refractivity contribution < 1.29 is 38.6 Å². The minimum atomic E-state index is -4.39. The Balaban J connectivity index is 3.43.